The Morgan fingerprint density at radius 3 is 2.47 bits per heavy atom. The topological polar surface area (TPSA) is 83.8 Å². The number of rotatable bonds is 4. The van der Waals surface area contributed by atoms with E-state index < -0.39 is 5.97 Å². The number of hydrogen-bond acceptors (Lipinski definition) is 5. The van der Waals surface area contributed by atoms with Gasteiger partial charge in [0.2, 0.25) is 0 Å². The predicted octanol–water partition coefficient (Wildman–Crippen LogP) is 1.41. The van der Waals surface area contributed by atoms with Crippen molar-refractivity contribution in [1.29, 1.82) is 0 Å². The van der Waals surface area contributed by atoms with Gasteiger partial charge in [-0.3, -0.25) is 4.79 Å². The van der Waals surface area contributed by atoms with Crippen LogP contribution in [0.4, 0.5) is 0 Å². The van der Waals surface area contributed by atoms with E-state index in [4.69, 9.17) is 4.74 Å². The monoisotopic (exact) mass is 238 g/mol. The van der Waals surface area contributed by atoms with Gasteiger partial charge in [0.25, 0.3) is 0 Å². The smallest absolute Gasteiger partial charge is 0.342 e. The Bertz CT molecular complexity index is 450. The normalized spacial score (nSPS) is 10.0. The Hall–Kier alpha value is -2.04. The van der Waals surface area contributed by atoms with Gasteiger partial charge in [0.15, 0.2) is 0 Å². The summed E-state index contributed by atoms with van der Waals surface area (Å²) in [6.07, 6.45) is -0.0455. The van der Waals surface area contributed by atoms with Crippen molar-refractivity contribution >= 4 is 11.8 Å². The van der Waals surface area contributed by atoms with Crippen LogP contribution in [0.15, 0.2) is 12.1 Å². The van der Waals surface area contributed by atoms with Crippen molar-refractivity contribution in [3.05, 3.63) is 23.3 Å². The number of carbonyl (C=O) groups excluding carboxylic acids is 2. The first-order valence-electron chi connectivity index (χ1n) is 5.17. The molecule has 0 bridgehead atoms. The van der Waals surface area contributed by atoms with Crippen molar-refractivity contribution in [3.63, 3.8) is 0 Å². The molecule has 0 spiro atoms. The molecule has 0 aliphatic heterocycles. The quantitative estimate of drug-likeness (QED) is 0.775. The Morgan fingerprint density at radius 1 is 1.29 bits per heavy atom. The lowest BCUT2D eigenvalue weighted by molar-refractivity contribution is -0.116. The number of esters is 1. The summed E-state index contributed by atoms with van der Waals surface area (Å²) in [6.45, 7) is 3.16. The molecule has 2 N–H and O–H groups in total. The van der Waals surface area contributed by atoms with Crippen LogP contribution in [0.1, 0.15) is 29.8 Å². The first kappa shape index (κ1) is 13.0. The molecule has 0 unspecified atom stereocenters. The van der Waals surface area contributed by atoms with E-state index in [0.717, 1.165) is 6.07 Å². The fourth-order valence-corrected chi connectivity index (χ4v) is 1.52. The maximum atomic E-state index is 11.6. The van der Waals surface area contributed by atoms with Gasteiger partial charge in [0.05, 0.1) is 6.61 Å². The Kier molecular flexibility index (Phi) is 4.09. The molecule has 92 valence electrons. The largest absolute Gasteiger partial charge is 0.508 e. The van der Waals surface area contributed by atoms with Crippen molar-refractivity contribution in [2.75, 3.05) is 6.61 Å². The molecule has 5 nitrogen and oxygen atoms in total. The Labute approximate surface area is 98.6 Å². The second kappa shape index (κ2) is 5.34. The number of benzene rings is 1. The van der Waals surface area contributed by atoms with Crippen LogP contribution in [0, 0.1) is 0 Å². The van der Waals surface area contributed by atoms with Crippen LogP contribution < -0.4 is 0 Å². The summed E-state index contributed by atoms with van der Waals surface area (Å²) in [5, 5.41) is 18.9. The van der Waals surface area contributed by atoms with Gasteiger partial charge in [0, 0.05) is 12.5 Å². The van der Waals surface area contributed by atoms with Crippen molar-refractivity contribution in [3.8, 4) is 11.5 Å². The molecule has 0 aliphatic carbocycles. The van der Waals surface area contributed by atoms with E-state index in [9.17, 15) is 19.8 Å². The highest BCUT2D eigenvalue weighted by atomic mass is 16.5. The number of phenolic OH excluding ortho intramolecular Hbond substituents is 2. The number of ketones is 1. The molecule has 0 aliphatic rings. The second-order valence-corrected chi connectivity index (χ2v) is 3.60. The third kappa shape index (κ3) is 3.21. The van der Waals surface area contributed by atoms with E-state index in [2.05, 4.69) is 0 Å². The summed E-state index contributed by atoms with van der Waals surface area (Å²) in [6, 6.07) is 2.31. The van der Waals surface area contributed by atoms with Gasteiger partial charge in [-0.1, -0.05) is 0 Å². The highest BCUT2D eigenvalue weighted by Gasteiger charge is 2.19. The molecular formula is C12H14O5. The molecule has 0 aromatic heterocycles. The molecule has 0 fully saturated rings. The van der Waals surface area contributed by atoms with Crippen molar-refractivity contribution in [2.24, 2.45) is 0 Å². The molecule has 0 radical (unpaired) electrons. The number of Topliss-reactive ketones (excluding diaryl/α,β-unsaturated/α-hetero) is 1. The van der Waals surface area contributed by atoms with Crippen LogP contribution in [0.3, 0.4) is 0 Å². The fourth-order valence-electron chi connectivity index (χ4n) is 1.52. The third-order valence-corrected chi connectivity index (χ3v) is 2.10. The summed E-state index contributed by atoms with van der Waals surface area (Å²) < 4.78 is 4.78. The van der Waals surface area contributed by atoms with Crippen molar-refractivity contribution < 1.29 is 24.5 Å². The van der Waals surface area contributed by atoms with E-state index in [-0.39, 0.29) is 41.4 Å². The van der Waals surface area contributed by atoms with Gasteiger partial charge in [-0.2, -0.15) is 0 Å². The highest BCUT2D eigenvalue weighted by molar-refractivity contribution is 5.96. The first-order valence-corrected chi connectivity index (χ1v) is 5.17. The zero-order valence-corrected chi connectivity index (χ0v) is 9.69. The number of carbonyl (C=O) groups is 2. The van der Waals surface area contributed by atoms with Crippen LogP contribution in [-0.2, 0) is 16.0 Å². The molecule has 0 amide bonds. The van der Waals surface area contributed by atoms with Gasteiger partial charge in [-0.25, -0.2) is 4.79 Å². The minimum absolute atomic E-state index is 0.0455. The van der Waals surface area contributed by atoms with Gasteiger partial charge in [-0.15, -0.1) is 0 Å². The highest BCUT2D eigenvalue weighted by Crippen LogP contribution is 2.28. The Balaban J connectivity index is 3.24. The lowest BCUT2D eigenvalue weighted by Gasteiger charge is -2.10. The van der Waals surface area contributed by atoms with E-state index >= 15 is 0 Å². The van der Waals surface area contributed by atoms with Crippen LogP contribution in [-0.4, -0.2) is 28.6 Å². The van der Waals surface area contributed by atoms with Crippen LogP contribution >= 0.6 is 0 Å². The molecule has 0 heterocycles. The SMILES string of the molecule is CCOC(=O)c1c(O)cc(O)cc1CC(C)=O. The van der Waals surface area contributed by atoms with Crippen LogP contribution in [0.5, 0.6) is 11.5 Å². The molecule has 0 atom stereocenters. The van der Waals surface area contributed by atoms with Gasteiger partial charge >= 0.3 is 5.97 Å². The molecule has 1 rings (SSSR count). The van der Waals surface area contributed by atoms with Crippen LogP contribution in [0.2, 0.25) is 0 Å². The van der Waals surface area contributed by atoms with Gasteiger partial charge < -0.3 is 14.9 Å². The maximum absolute atomic E-state index is 11.6. The second-order valence-electron chi connectivity index (χ2n) is 3.60. The van der Waals surface area contributed by atoms with E-state index in [1.54, 1.807) is 6.92 Å². The van der Waals surface area contributed by atoms with Gasteiger partial charge in [-0.05, 0) is 25.5 Å². The zero-order valence-electron chi connectivity index (χ0n) is 9.69. The number of hydrogen-bond donors (Lipinski definition) is 2. The molecular weight excluding hydrogens is 224 g/mol. The maximum Gasteiger partial charge on any atom is 0.342 e. The summed E-state index contributed by atoms with van der Waals surface area (Å²) in [5.41, 5.74) is 0.188. The molecule has 1 aromatic carbocycles. The van der Waals surface area contributed by atoms with E-state index in [0.29, 0.717) is 0 Å². The molecule has 0 saturated heterocycles. The average molecular weight is 238 g/mol. The average Bonchev–Trinajstić information content (AvgIpc) is 2.15. The zero-order chi connectivity index (χ0) is 13.0. The number of aromatic hydroxyl groups is 2. The van der Waals surface area contributed by atoms with Crippen LogP contribution in [0.25, 0.3) is 0 Å². The molecule has 5 heteroatoms. The van der Waals surface area contributed by atoms with Gasteiger partial charge in [0.1, 0.15) is 22.8 Å². The minimum Gasteiger partial charge on any atom is -0.508 e. The van der Waals surface area contributed by atoms with Crippen molar-refractivity contribution in [1.82, 2.24) is 0 Å². The third-order valence-electron chi connectivity index (χ3n) is 2.10. The molecule has 1 aromatic rings. The summed E-state index contributed by atoms with van der Waals surface area (Å²) in [7, 11) is 0. The summed E-state index contributed by atoms with van der Waals surface area (Å²) >= 11 is 0. The lowest BCUT2D eigenvalue weighted by Crippen LogP contribution is -2.10. The lowest BCUT2D eigenvalue weighted by atomic mass is 10.0. The van der Waals surface area contributed by atoms with E-state index in [1.165, 1.54) is 13.0 Å². The number of ether oxygens (including phenoxy) is 1. The van der Waals surface area contributed by atoms with E-state index in [1.807, 2.05) is 0 Å². The molecule has 0 saturated carbocycles. The van der Waals surface area contributed by atoms with Crippen molar-refractivity contribution in [2.45, 2.75) is 20.3 Å². The molecule has 17 heavy (non-hydrogen) atoms. The Morgan fingerprint density at radius 2 is 1.94 bits per heavy atom. The summed E-state index contributed by atoms with van der Waals surface area (Å²) in [5.74, 6) is -1.48. The summed E-state index contributed by atoms with van der Waals surface area (Å²) in [4.78, 5) is 22.7. The fraction of sp³-hybridized carbons (Fsp3) is 0.333. The first-order chi connectivity index (χ1) is 7.95. The number of phenols is 2. The standard InChI is InChI=1S/C12H14O5/c1-3-17-12(16)11-8(4-7(2)13)5-9(14)6-10(11)15/h5-6,14-15H,3-4H2,1-2H3. The minimum atomic E-state index is -0.707. The predicted molar refractivity (Wildman–Crippen MR) is 60.1 cm³/mol.